The SMILES string of the molecule is Cc1ccccc1OCc1cc(=O)n2ccsc2n1. The number of thiazole rings is 1. The Hall–Kier alpha value is -2.14. The molecular weight excluding hydrogens is 260 g/mol. The molecule has 0 aliphatic carbocycles. The lowest BCUT2D eigenvalue weighted by Crippen LogP contribution is -2.14. The van der Waals surface area contributed by atoms with Crippen molar-refractivity contribution in [1.29, 1.82) is 0 Å². The molecule has 0 saturated heterocycles. The quantitative estimate of drug-likeness (QED) is 0.736. The molecule has 4 nitrogen and oxygen atoms in total. The van der Waals surface area contributed by atoms with E-state index in [1.807, 2.05) is 36.6 Å². The Morgan fingerprint density at radius 3 is 3.05 bits per heavy atom. The van der Waals surface area contributed by atoms with E-state index in [0.717, 1.165) is 11.3 Å². The van der Waals surface area contributed by atoms with Gasteiger partial charge in [0.05, 0.1) is 5.69 Å². The summed E-state index contributed by atoms with van der Waals surface area (Å²) in [6.45, 7) is 2.29. The summed E-state index contributed by atoms with van der Waals surface area (Å²) < 4.78 is 7.23. The van der Waals surface area contributed by atoms with Crippen molar-refractivity contribution < 1.29 is 4.74 Å². The Morgan fingerprint density at radius 2 is 2.21 bits per heavy atom. The van der Waals surface area contributed by atoms with E-state index in [4.69, 9.17) is 4.74 Å². The molecule has 0 radical (unpaired) electrons. The van der Waals surface area contributed by atoms with Crippen molar-refractivity contribution in [3.05, 3.63) is 63.5 Å². The highest BCUT2D eigenvalue weighted by Crippen LogP contribution is 2.17. The van der Waals surface area contributed by atoms with Crippen LogP contribution in [0.5, 0.6) is 5.75 Å². The van der Waals surface area contributed by atoms with Crippen molar-refractivity contribution >= 4 is 16.3 Å². The number of aryl methyl sites for hydroxylation is 1. The zero-order valence-corrected chi connectivity index (χ0v) is 11.2. The van der Waals surface area contributed by atoms with Crippen LogP contribution in [0.1, 0.15) is 11.3 Å². The maximum absolute atomic E-state index is 11.8. The van der Waals surface area contributed by atoms with Crippen molar-refractivity contribution in [2.75, 3.05) is 0 Å². The molecule has 0 aliphatic heterocycles. The molecule has 3 rings (SSSR count). The molecule has 0 amide bonds. The van der Waals surface area contributed by atoms with Gasteiger partial charge < -0.3 is 4.74 Å². The molecule has 0 saturated carbocycles. The first kappa shape index (κ1) is 11.9. The number of ether oxygens (including phenoxy) is 1. The molecule has 0 N–H and O–H groups in total. The van der Waals surface area contributed by atoms with Crippen LogP contribution in [0.2, 0.25) is 0 Å². The highest BCUT2D eigenvalue weighted by molar-refractivity contribution is 7.15. The van der Waals surface area contributed by atoms with Crippen LogP contribution in [-0.4, -0.2) is 9.38 Å². The molecular formula is C14H12N2O2S. The third kappa shape index (κ3) is 2.37. The molecule has 96 valence electrons. The van der Waals surface area contributed by atoms with E-state index in [2.05, 4.69) is 4.98 Å². The zero-order valence-electron chi connectivity index (χ0n) is 10.4. The molecule has 0 fully saturated rings. The fourth-order valence-electron chi connectivity index (χ4n) is 1.83. The van der Waals surface area contributed by atoms with Gasteiger partial charge in [-0.15, -0.1) is 11.3 Å². The van der Waals surface area contributed by atoms with Crippen LogP contribution in [0.25, 0.3) is 4.96 Å². The van der Waals surface area contributed by atoms with Gasteiger partial charge in [0, 0.05) is 17.6 Å². The van der Waals surface area contributed by atoms with Crippen molar-refractivity contribution in [3.63, 3.8) is 0 Å². The smallest absolute Gasteiger partial charge is 0.258 e. The lowest BCUT2D eigenvalue weighted by molar-refractivity contribution is 0.299. The predicted molar refractivity (Wildman–Crippen MR) is 74.9 cm³/mol. The van der Waals surface area contributed by atoms with Crippen LogP contribution in [0.15, 0.2) is 46.7 Å². The van der Waals surface area contributed by atoms with Gasteiger partial charge >= 0.3 is 0 Å². The Balaban J connectivity index is 1.86. The maximum Gasteiger partial charge on any atom is 0.258 e. The number of rotatable bonds is 3. The van der Waals surface area contributed by atoms with Crippen LogP contribution >= 0.6 is 11.3 Å². The minimum absolute atomic E-state index is 0.0744. The number of para-hydroxylation sites is 1. The highest BCUT2D eigenvalue weighted by atomic mass is 32.1. The third-order valence-electron chi connectivity index (χ3n) is 2.83. The standard InChI is InChI=1S/C14H12N2O2S/c1-10-4-2-3-5-12(10)18-9-11-8-13(17)16-6-7-19-14(16)15-11/h2-8H,9H2,1H3. The van der Waals surface area contributed by atoms with Crippen LogP contribution < -0.4 is 10.3 Å². The minimum atomic E-state index is -0.0744. The first-order valence-corrected chi connectivity index (χ1v) is 6.76. The second kappa shape index (κ2) is 4.85. The normalized spacial score (nSPS) is 10.8. The average molecular weight is 272 g/mol. The number of fused-ring (bicyclic) bond motifs is 1. The summed E-state index contributed by atoms with van der Waals surface area (Å²) in [4.78, 5) is 16.9. The van der Waals surface area contributed by atoms with Gasteiger partial charge in [-0.3, -0.25) is 9.20 Å². The topological polar surface area (TPSA) is 43.6 Å². The zero-order chi connectivity index (χ0) is 13.2. The summed E-state index contributed by atoms with van der Waals surface area (Å²) in [5, 5.41) is 1.84. The van der Waals surface area contributed by atoms with Crippen LogP contribution in [0.4, 0.5) is 0 Å². The number of benzene rings is 1. The van der Waals surface area contributed by atoms with E-state index in [1.165, 1.54) is 21.8 Å². The van der Waals surface area contributed by atoms with E-state index in [1.54, 1.807) is 6.20 Å². The Kier molecular flexibility index (Phi) is 3.05. The number of aromatic nitrogens is 2. The Morgan fingerprint density at radius 1 is 1.37 bits per heavy atom. The predicted octanol–water partition coefficient (Wildman–Crippen LogP) is 2.64. The molecule has 0 aliphatic rings. The molecule has 0 spiro atoms. The molecule has 3 aromatic rings. The lowest BCUT2D eigenvalue weighted by Gasteiger charge is -2.08. The van der Waals surface area contributed by atoms with Crippen LogP contribution in [0, 0.1) is 6.92 Å². The molecule has 0 atom stereocenters. The molecule has 5 heteroatoms. The lowest BCUT2D eigenvalue weighted by atomic mass is 10.2. The minimum Gasteiger partial charge on any atom is -0.487 e. The second-order valence-corrected chi connectivity index (χ2v) is 5.07. The van der Waals surface area contributed by atoms with E-state index in [9.17, 15) is 4.79 Å². The molecule has 2 heterocycles. The summed E-state index contributed by atoms with van der Waals surface area (Å²) in [5.41, 5.74) is 1.64. The highest BCUT2D eigenvalue weighted by Gasteiger charge is 2.05. The largest absolute Gasteiger partial charge is 0.487 e. The van der Waals surface area contributed by atoms with Gasteiger partial charge in [-0.1, -0.05) is 18.2 Å². The summed E-state index contributed by atoms with van der Waals surface area (Å²) in [6, 6.07) is 9.29. The van der Waals surface area contributed by atoms with Gasteiger partial charge in [-0.2, -0.15) is 0 Å². The fraction of sp³-hybridized carbons (Fsp3) is 0.143. The number of nitrogens with zero attached hydrogens (tertiary/aromatic N) is 2. The monoisotopic (exact) mass is 272 g/mol. The summed E-state index contributed by atoms with van der Waals surface area (Å²) in [6.07, 6.45) is 1.72. The van der Waals surface area contributed by atoms with E-state index < -0.39 is 0 Å². The maximum atomic E-state index is 11.8. The first-order chi connectivity index (χ1) is 9.24. The van der Waals surface area contributed by atoms with Gasteiger partial charge in [0.1, 0.15) is 12.4 Å². The summed E-state index contributed by atoms with van der Waals surface area (Å²) in [7, 11) is 0. The van der Waals surface area contributed by atoms with E-state index in [0.29, 0.717) is 17.3 Å². The molecule has 19 heavy (non-hydrogen) atoms. The molecule has 0 unspecified atom stereocenters. The Labute approximate surface area is 113 Å². The first-order valence-electron chi connectivity index (χ1n) is 5.88. The van der Waals surface area contributed by atoms with Gasteiger partial charge in [-0.25, -0.2) is 4.98 Å². The van der Waals surface area contributed by atoms with Crippen molar-refractivity contribution in [1.82, 2.24) is 9.38 Å². The molecule has 0 bridgehead atoms. The fourth-order valence-corrected chi connectivity index (χ4v) is 2.57. The average Bonchev–Trinajstić information content (AvgIpc) is 2.87. The van der Waals surface area contributed by atoms with Gasteiger partial charge in [0.15, 0.2) is 4.96 Å². The summed E-state index contributed by atoms with van der Waals surface area (Å²) >= 11 is 1.44. The van der Waals surface area contributed by atoms with Crippen LogP contribution in [-0.2, 0) is 6.61 Å². The van der Waals surface area contributed by atoms with Gasteiger partial charge in [-0.05, 0) is 18.6 Å². The van der Waals surface area contributed by atoms with E-state index in [-0.39, 0.29) is 5.56 Å². The number of hydrogen-bond donors (Lipinski definition) is 0. The Bertz CT molecular complexity index is 776. The third-order valence-corrected chi connectivity index (χ3v) is 3.58. The van der Waals surface area contributed by atoms with Crippen molar-refractivity contribution in [3.8, 4) is 5.75 Å². The van der Waals surface area contributed by atoms with Crippen molar-refractivity contribution in [2.24, 2.45) is 0 Å². The summed E-state index contributed by atoms with van der Waals surface area (Å²) in [5.74, 6) is 0.815. The van der Waals surface area contributed by atoms with Gasteiger partial charge in [0.25, 0.3) is 5.56 Å². The number of hydrogen-bond acceptors (Lipinski definition) is 4. The van der Waals surface area contributed by atoms with E-state index >= 15 is 0 Å². The molecule has 2 aromatic heterocycles. The second-order valence-electron chi connectivity index (χ2n) is 4.20. The molecule has 1 aromatic carbocycles. The van der Waals surface area contributed by atoms with Crippen molar-refractivity contribution in [2.45, 2.75) is 13.5 Å². The van der Waals surface area contributed by atoms with Crippen LogP contribution in [0.3, 0.4) is 0 Å². The van der Waals surface area contributed by atoms with Gasteiger partial charge in [0.2, 0.25) is 0 Å².